The summed E-state index contributed by atoms with van der Waals surface area (Å²) in [5, 5.41) is 3.24. The van der Waals surface area contributed by atoms with Crippen molar-refractivity contribution < 1.29 is 22.7 Å². The van der Waals surface area contributed by atoms with Crippen LogP contribution in [0.4, 0.5) is 5.69 Å². The zero-order valence-electron chi connectivity index (χ0n) is 27.4. The minimum Gasteiger partial charge on any atom is -0.495 e. The monoisotopic (exact) mass is 675 g/mol. The first-order valence-corrected chi connectivity index (χ1v) is 17.4. The molecule has 2 unspecified atom stereocenters. The number of rotatable bonds is 14. The number of ether oxygens (including phenoxy) is 1. The molecule has 0 spiro atoms. The molecule has 4 aromatic carbocycles. The fourth-order valence-electron chi connectivity index (χ4n) is 5.14. The number of nitrogens with one attached hydrogen (secondary N) is 1. The van der Waals surface area contributed by atoms with Crippen LogP contribution in [-0.2, 0) is 32.6 Å². The van der Waals surface area contributed by atoms with Crippen LogP contribution >= 0.6 is 11.6 Å². The Morgan fingerprint density at radius 3 is 2.19 bits per heavy atom. The molecule has 0 saturated carbocycles. The number of aryl methyl sites for hydroxylation is 2. The molecule has 0 aromatic heterocycles. The molecule has 0 radical (unpaired) electrons. The quantitative estimate of drug-likeness (QED) is 0.160. The van der Waals surface area contributed by atoms with Crippen molar-refractivity contribution in [1.82, 2.24) is 10.2 Å². The molecule has 248 valence electrons. The maximum atomic E-state index is 14.7. The molecule has 0 bridgehead atoms. The van der Waals surface area contributed by atoms with Crippen LogP contribution in [0.25, 0.3) is 0 Å². The molecule has 47 heavy (non-hydrogen) atoms. The van der Waals surface area contributed by atoms with Crippen LogP contribution in [0.3, 0.4) is 0 Å². The third-order valence-electron chi connectivity index (χ3n) is 8.19. The van der Waals surface area contributed by atoms with E-state index in [1.54, 1.807) is 24.3 Å². The van der Waals surface area contributed by atoms with Crippen LogP contribution in [0.1, 0.15) is 42.5 Å². The average molecular weight is 676 g/mol. The molecule has 4 aromatic rings. The van der Waals surface area contributed by atoms with E-state index in [2.05, 4.69) is 5.32 Å². The van der Waals surface area contributed by atoms with E-state index >= 15 is 0 Å². The van der Waals surface area contributed by atoms with E-state index in [4.69, 9.17) is 16.3 Å². The van der Waals surface area contributed by atoms with Crippen molar-refractivity contribution in [3.8, 4) is 5.75 Å². The molecular weight excluding hydrogens is 634 g/mol. The Morgan fingerprint density at radius 2 is 1.57 bits per heavy atom. The Labute approximate surface area is 283 Å². The van der Waals surface area contributed by atoms with Crippen LogP contribution in [0, 0.1) is 13.8 Å². The molecule has 10 heteroatoms. The summed E-state index contributed by atoms with van der Waals surface area (Å²) < 4.78 is 34.9. The number of carbonyl (C=O) groups is 2. The second-order valence-electron chi connectivity index (χ2n) is 11.6. The third-order valence-corrected chi connectivity index (χ3v) is 10.3. The first-order chi connectivity index (χ1) is 22.4. The van der Waals surface area contributed by atoms with Gasteiger partial charge in [-0.1, -0.05) is 90.8 Å². The lowest BCUT2D eigenvalue weighted by atomic mass is 10.0. The molecule has 8 nitrogen and oxygen atoms in total. The summed E-state index contributed by atoms with van der Waals surface area (Å²) in [6, 6.07) is 27.1. The third kappa shape index (κ3) is 8.93. The Morgan fingerprint density at radius 1 is 0.915 bits per heavy atom. The standard InChI is InChI=1S/C37H42ClN3O5S/c1-6-28(4)39-37(43)34(22-29-13-8-7-9-14-29)40(24-30-15-11-10-12-27(30)3)36(42)25-41(31-18-21-35(46-5)33(38)23-31)47(44,45)32-19-16-26(2)17-20-32/h7-21,23,28,34H,6,22,24-25H2,1-5H3,(H,39,43). The second kappa shape index (κ2) is 16.0. The number of hydrogen-bond donors (Lipinski definition) is 1. The summed E-state index contributed by atoms with van der Waals surface area (Å²) >= 11 is 6.46. The van der Waals surface area contributed by atoms with E-state index in [1.807, 2.05) is 82.3 Å². The maximum absolute atomic E-state index is 14.7. The highest BCUT2D eigenvalue weighted by atomic mass is 35.5. The summed E-state index contributed by atoms with van der Waals surface area (Å²) in [7, 11) is -2.79. The van der Waals surface area contributed by atoms with Crippen molar-refractivity contribution in [1.29, 1.82) is 0 Å². The zero-order valence-corrected chi connectivity index (χ0v) is 29.0. The maximum Gasteiger partial charge on any atom is 0.264 e. The number of halogens is 1. The summed E-state index contributed by atoms with van der Waals surface area (Å²) in [5.74, 6) is -0.498. The summed E-state index contributed by atoms with van der Waals surface area (Å²) in [4.78, 5) is 30.2. The van der Waals surface area contributed by atoms with Crippen LogP contribution in [-0.4, -0.2) is 50.9 Å². The molecule has 2 atom stereocenters. The predicted molar refractivity (Wildman–Crippen MR) is 187 cm³/mol. The summed E-state index contributed by atoms with van der Waals surface area (Å²) in [5.41, 5.74) is 3.72. The van der Waals surface area contributed by atoms with E-state index in [-0.39, 0.29) is 40.5 Å². The molecule has 0 aliphatic carbocycles. The van der Waals surface area contributed by atoms with Gasteiger partial charge in [-0.2, -0.15) is 0 Å². The van der Waals surface area contributed by atoms with E-state index < -0.39 is 28.5 Å². The fourth-order valence-corrected chi connectivity index (χ4v) is 6.80. The van der Waals surface area contributed by atoms with Crippen molar-refractivity contribution >= 4 is 39.1 Å². The molecule has 1 N–H and O–H groups in total. The number of sulfonamides is 1. The van der Waals surface area contributed by atoms with Crippen molar-refractivity contribution in [2.45, 2.75) is 64.1 Å². The molecule has 4 rings (SSSR count). The first-order valence-electron chi connectivity index (χ1n) is 15.6. The van der Waals surface area contributed by atoms with Crippen LogP contribution < -0.4 is 14.4 Å². The molecule has 0 saturated heterocycles. The van der Waals surface area contributed by atoms with Gasteiger partial charge in [-0.3, -0.25) is 13.9 Å². The molecule has 0 fully saturated rings. The van der Waals surface area contributed by atoms with Gasteiger partial charge in [-0.15, -0.1) is 0 Å². The van der Waals surface area contributed by atoms with E-state index in [0.29, 0.717) is 12.2 Å². The van der Waals surface area contributed by atoms with Gasteiger partial charge in [-0.05, 0) is 74.2 Å². The normalized spacial score (nSPS) is 12.6. The Balaban J connectivity index is 1.84. The van der Waals surface area contributed by atoms with Gasteiger partial charge in [-0.25, -0.2) is 8.42 Å². The van der Waals surface area contributed by atoms with Gasteiger partial charge in [0.2, 0.25) is 11.8 Å². The highest BCUT2D eigenvalue weighted by Gasteiger charge is 2.35. The largest absolute Gasteiger partial charge is 0.495 e. The van der Waals surface area contributed by atoms with Gasteiger partial charge in [0.25, 0.3) is 10.0 Å². The first kappa shape index (κ1) is 35.5. The summed E-state index contributed by atoms with van der Waals surface area (Å²) in [6.45, 7) is 7.21. The SMILES string of the molecule is CCC(C)NC(=O)C(Cc1ccccc1)N(Cc1ccccc1C)C(=O)CN(c1ccc(OC)c(Cl)c1)S(=O)(=O)c1ccc(C)cc1. The Hall–Kier alpha value is -4.34. The molecule has 0 aliphatic heterocycles. The van der Waals surface area contributed by atoms with Gasteiger partial charge in [0, 0.05) is 19.0 Å². The van der Waals surface area contributed by atoms with Gasteiger partial charge in [0.05, 0.1) is 22.7 Å². The highest BCUT2D eigenvalue weighted by molar-refractivity contribution is 7.92. The van der Waals surface area contributed by atoms with Gasteiger partial charge in [0.15, 0.2) is 0 Å². The van der Waals surface area contributed by atoms with Gasteiger partial charge >= 0.3 is 0 Å². The number of benzene rings is 4. The number of hydrogen-bond acceptors (Lipinski definition) is 5. The molecular formula is C37H42ClN3O5S. The van der Waals surface area contributed by atoms with E-state index in [0.717, 1.165) is 26.6 Å². The van der Waals surface area contributed by atoms with Crippen molar-refractivity contribution in [3.05, 3.63) is 124 Å². The number of carbonyl (C=O) groups excluding carboxylic acids is 2. The molecule has 2 amide bonds. The number of amides is 2. The Kier molecular flexibility index (Phi) is 12.1. The van der Waals surface area contributed by atoms with Crippen molar-refractivity contribution in [2.24, 2.45) is 0 Å². The lowest BCUT2D eigenvalue weighted by Gasteiger charge is -2.34. The molecule has 0 heterocycles. The topological polar surface area (TPSA) is 96.0 Å². The average Bonchev–Trinajstić information content (AvgIpc) is 3.06. The molecule has 0 aliphatic rings. The highest BCUT2D eigenvalue weighted by Crippen LogP contribution is 2.32. The van der Waals surface area contributed by atoms with Crippen LogP contribution in [0.15, 0.2) is 102 Å². The second-order valence-corrected chi connectivity index (χ2v) is 13.9. The Bertz CT molecular complexity index is 1780. The predicted octanol–water partition coefficient (Wildman–Crippen LogP) is 6.72. The fraction of sp³-hybridized carbons (Fsp3) is 0.297. The van der Waals surface area contributed by atoms with Crippen LogP contribution in [0.2, 0.25) is 5.02 Å². The number of anilines is 1. The summed E-state index contributed by atoms with van der Waals surface area (Å²) in [6.07, 6.45) is 0.941. The van der Waals surface area contributed by atoms with Crippen molar-refractivity contribution in [3.63, 3.8) is 0 Å². The lowest BCUT2D eigenvalue weighted by molar-refractivity contribution is -0.140. The minimum atomic E-state index is -4.26. The van der Waals surface area contributed by atoms with Gasteiger partial charge < -0.3 is 15.0 Å². The van der Waals surface area contributed by atoms with Gasteiger partial charge in [0.1, 0.15) is 18.3 Å². The van der Waals surface area contributed by atoms with E-state index in [1.165, 1.54) is 30.2 Å². The van der Waals surface area contributed by atoms with Crippen molar-refractivity contribution in [2.75, 3.05) is 18.0 Å². The lowest BCUT2D eigenvalue weighted by Crippen LogP contribution is -2.54. The van der Waals surface area contributed by atoms with E-state index in [9.17, 15) is 18.0 Å². The smallest absolute Gasteiger partial charge is 0.264 e. The number of methoxy groups -OCH3 is 1. The number of nitrogens with zero attached hydrogens (tertiary/aromatic N) is 2. The van der Waals surface area contributed by atoms with Crippen LogP contribution in [0.5, 0.6) is 5.75 Å². The minimum absolute atomic E-state index is 0.0173. The zero-order chi connectivity index (χ0) is 34.1.